The lowest BCUT2D eigenvalue weighted by Gasteiger charge is -2.23. The number of carbonyl (C=O) groups excluding carboxylic acids is 1. The van der Waals surface area contributed by atoms with Crippen molar-refractivity contribution in [2.75, 3.05) is 19.6 Å². The number of carboxylic acid groups (broad SMARTS) is 1. The van der Waals surface area contributed by atoms with E-state index in [4.69, 9.17) is 5.11 Å². The van der Waals surface area contributed by atoms with Crippen molar-refractivity contribution >= 4 is 12.0 Å². The zero-order valence-electron chi connectivity index (χ0n) is 11.7. The van der Waals surface area contributed by atoms with E-state index in [2.05, 4.69) is 19.2 Å². The largest absolute Gasteiger partial charge is 0.481 e. The predicted molar refractivity (Wildman–Crippen MR) is 69.3 cm³/mol. The highest BCUT2D eigenvalue weighted by Crippen LogP contribution is 2.50. The molecule has 0 aromatic rings. The number of carboxylic acids is 1. The number of nitrogens with one attached hydrogen (secondary N) is 1. The molecule has 2 atom stereocenters. The monoisotopic (exact) mass is 256 g/mol. The van der Waals surface area contributed by atoms with Gasteiger partial charge in [-0.2, -0.15) is 0 Å². The molecular weight excluding hydrogens is 232 g/mol. The first-order chi connectivity index (χ1) is 8.27. The Hall–Kier alpha value is -1.26. The van der Waals surface area contributed by atoms with Gasteiger partial charge in [-0.25, -0.2) is 4.79 Å². The van der Waals surface area contributed by atoms with E-state index in [1.807, 2.05) is 6.92 Å². The van der Waals surface area contributed by atoms with E-state index in [0.29, 0.717) is 24.4 Å². The minimum atomic E-state index is -0.871. The Balaban J connectivity index is 2.35. The highest BCUT2D eigenvalue weighted by molar-refractivity contribution is 5.76. The average Bonchev–Trinajstić information content (AvgIpc) is 2.90. The Morgan fingerprint density at radius 1 is 1.50 bits per heavy atom. The van der Waals surface area contributed by atoms with Crippen LogP contribution >= 0.6 is 0 Å². The van der Waals surface area contributed by atoms with E-state index in [-0.39, 0.29) is 12.6 Å². The lowest BCUT2D eigenvalue weighted by atomic mass is 10.1. The van der Waals surface area contributed by atoms with Gasteiger partial charge in [-0.1, -0.05) is 20.8 Å². The number of rotatable bonds is 6. The molecular formula is C13H24N2O3. The second-order valence-electron chi connectivity index (χ2n) is 5.85. The van der Waals surface area contributed by atoms with Crippen LogP contribution in [0.3, 0.4) is 0 Å². The number of nitrogens with zero attached hydrogens (tertiary/aromatic N) is 1. The van der Waals surface area contributed by atoms with Crippen molar-refractivity contribution < 1.29 is 14.7 Å². The van der Waals surface area contributed by atoms with Gasteiger partial charge in [0.05, 0.1) is 5.92 Å². The fourth-order valence-electron chi connectivity index (χ4n) is 2.01. The SMILES string of the molecule is CCN(CC(C)C(=O)O)C(=O)NCC1CC1(C)C. The van der Waals surface area contributed by atoms with Crippen LogP contribution in [0, 0.1) is 17.3 Å². The quantitative estimate of drug-likeness (QED) is 0.761. The van der Waals surface area contributed by atoms with Gasteiger partial charge in [-0.3, -0.25) is 4.79 Å². The summed E-state index contributed by atoms with van der Waals surface area (Å²) in [6.07, 6.45) is 1.14. The smallest absolute Gasteiger partial charge is 0.317 e. The molecule has 2 N–H and O–H groups in total. The molecule has 1 aliphatic rings. The summed E-state index contributed by atoms with van der Waals surface area (Å²) in [5.74, 6) is -0.852. The highest BCUT2D eigenvalue weighted by Gasteiger charge is 2.45. The van der Waals surface area contributed by atoms with E-state index in [9.17, 15) is 9.59 Å². The maximum atomic E-state index is 11.9. The molecule has 104 valence electrons. The lowest BCUT2D eigenvalue weighted by molar-refractivity contribution is -0.141. The third-order valence-corrected chi connectivity index (χ3v) is 3.80. The number of urea groups is 1. The summed E-state index contributed by atoms with van der Waals surface area (Å²) in [6.45, 7) is 9.31. The molecule has 0 bridgehead atoms. The number of hydrogen-bond donors (Lipinski definition) is 2. The third-order valence-electron chi connectivity index (χ3n) is 3.80. The number of hydrogen-bond acceptors (Lipinski definition) is 2. The van der Waals surface area contributed by atoms with Crippen LogP contribution in [0.1, 0.15) is 34.1 Å². The van der Waals surface area contributed by atoms with Crippen molar-refractivity contribution in [3.8, 4) is 0 Å². The maximum absolute atomic E-state index is 11.9. The highest BCUT2D eigenvalue weighted by atomic mass is 16.4. The molecule has 0 aromatic heterocycles. The lowest BCUT2D eigenvalue weighted by Crippen LogP contribution is -2.44. The molecule has 1 rings (SSSR count). The second kappa shape index (κ2) is 5.59. The average molecular weight is 256 g/mol. The minimum absolute atomic E-state index is 0.159. The molecule has 1 fully saturated rings. The van der Waals surface area contributed by atoms with Crippen molar-refractivity contribution in [2.45, 2.75) is 34.1 Å². The molecule has 0 radical (unpaired) electrons. The third kappa shape index (κ3) is 3.89. The number of aliphatic carboxylic acids is 1. The molecule has 0 spiro atoms. The summed E-state index contributed by atoms with van der Waals surface area (Å²) < 4.78 is 0. The van der Waals surface area contributed by atoms with Crippen molar-refractivity contribution in [3.63, 3.8) is 0 Å². The minimum Gasteiger partial charge on any atom is -0.481 e. The molecule has 2 unspecified atom stereocenters. The van der Waals surface area contributed by atoms with Crippen molar-refractivity contribution in [2.24, 2.45) is 17.3 Å². The summed E-state index contributed by atoms with van der Waals surface area (Å²) in [5.41, 5.74) is 0.346. The first-order valence-corrected chi connectivity index (χ1v) is 6.53. The van der Waals surface area contributed by atoms with Gasteiger partial charge in [-0.15, -0.1) is 0 Å². The Morgan fingerprint density at radius 2 is 2.06 bits per heavy atom. The van der Waals surface area contributed by atoms with Gasteiger partial charge in [-0.05, 0) is 24.7 Å². The van der Waals surface area contributed by atoms with E-state index >= 15 is 0 Å². The van der Waals surface area contributed by atoms with Crippen LogP contribution in [-0.4, -0.2) is 41.6 Å². The van der Waals surface area contributed by atoms with E-state index in [0.717, 1.165) is 6.42 Å². The Morgan fingerprint density at radius 3 is 2.44 bits per heavy atom. The van der Waals surface area contributed by atoms with Crippen molar-refractivity contribution in [1.82, 2.24) is 10.2 Å². The first kappa shape index (κ1) is 14.8. The van der Waals surface area contributed by atoms with Gasteiger partial charge in [0.1, 0.15) is 0 Å². The Bertz CT molecular complexity index is 328. The molecule has 0 aromatic carbocycles. The summed E-state index contributed by atoms with van der Waals surface area (Å²) in [7, 11) is 0. The zero-order chi connectivity index (χ0) is 13.9. The summed E-state index contributed by atoms with van der Waals surface area (Å²) in [6, 6.07) is -0.159. The van der Waals surface area contributed by atoms with Crippen molar-refractivity contribution in [1.29, 1.82) is 0 Å². The van der Waals surface area contributed by atoms with Crippen LogP contribution in [-0.2, 0) is 4.79 Å². The van der Waals surface area contributed by atoms with E-state index in [1.54, 1.807) is 11.8 Å². The topological polar surface area (TPSA) is 69.6 Å². The molecule has 5 heteroatoms. The van der Waals surface area contributed by atoms with Gasteiger partial charge >= 0.3 is 12.0 Å². The maximum Gasteiger partial charge on any atom is 0.317 e. The summed E-state index contributed by atoms with van der Waals surface area (Å²) in [4.78, 5) is 24.2. The molecule has 0 saturated heterocycles. The van der Waals surface area contributed by atoms with Gasteiger partial charge in [0.25, 0.3) is 0 Å². The van der Waals surface area contributed by atoms with E-state index < -0.39 is 11.9 Å². The predicted octanol–water partition coefficient (Wildman–Crippen LogP) is 1.78. The van der Waals surface area contributed by atoms with Crippen LogP contribution in [0.15, 0.2) is 0 Å². The number of amides is 2. The molecule has 5 nitrogen and oxygen atoms in total. The van der Waals surface area contributed by atoms with Crippen molar-refractivity contribution in [3.05, 3.63) is 0 Å². The van der Waals surface area contributed by atoms with Crippen LogP contribution in [0.5, 0.6) is 0 Å². The van der Waals surface area contributed by atoms with E-state index in [1.165, 1.54) is 0 Å². The first-order valence-electron chi connectivity index (χ1n) is 6.53. The zero-order valence-corrected chi connectivity index (χ0v) is 11.7. The molecule has 0 aliphatic heterocycles. The Labute approximate surface area is 109 Å². The van der Waals surface area contributed by atoms with Crippen LogP contribution in [0.4, 0.5) is 4.79 Å². The second-order valence-corrected chi connectivity index (χ2v) is 5.85. The van der Waals surface area contributed by atoms with Gasteiger partial charge in [0.15, 0.2) is 0 Å². The van der Waals surface area contributed by atoms with Crippen LogP contribution < -0.4 is 5.32 Å². The molecule has 0 heterocycles. The summed E-state index contributed by atoms with van der Waals surface area (Å²) in [5, 5.41) is 11.7. The number of carbonyl (C=O) groups is 2. The fourth-order valence-corrected chi connectivity index (χ4v) is 2.01. The molecule has 1 aliphatic carbocycles. The van der Waals surface area contributed by atoms with Gasteiger partial charge in [0.2, 0.25) is 0 Å². The van der Waals surface area contributed by atoms with Crippen LogP contribution in [0.2, 0.25) is 0 Å². The normalized spacial score (nSPS) is 22.1. The molecule has 2 amide bonds. The summed E-state index contributed by atoms with van der Waals surface area (Å²) >= 11 is 0. The Kier molecular flexibility index (Phi) is 4.59. The van der Waals surface area contributed by atoms with Crippen LogP contribution in [0.25, 0.3) is 0 Å². The molecule has 1 saturated carbocycles. The fraction of sp³-hybridized carbons (Fsp3) is 0.846. The molecule has 18 heavy (non-hydrogen) atoms. The van der Waals surface area contributed by atoms with Gasteiger partial charge in [0, 0.05) is 19.6 Å². The standard InChI is InChI=1S/C13H24N2O3/c1-5-15(8-9(2)11(16)17)12(18)14-7-10-6-13(10,3)4/h9-10H,5-8H2,1-4H3,(H,14,18)(H,16,17). The van der Waals surface area contributed by atoms with Gasteiger partial charge < -0.3 is 15.3 Å².